The molecule has 0 amide bonds. The Kier molecular flexibility index (Phi) is 5.21. The molecule has 2 N–H and O–H groups in total. The normalized spacial score (nSPS) is 11.7. The highest BCUT2D eigenvalue weighted by Crippen LogP contribution is 2.25. The zero-order chi connectivity index (χ0) is 17.0. The van der Waals surface area contributed by atoms with Crippen molar-refractivity contribution >= 4 is 5.97 Å². The Morgan fingerprint density at radius 3 is 2.70 bits per heavy atom. The zero-order valence-corrected chi connectivity index (χ0v) is 14.3. The minimum atomic E-state index is -0.759. The minimum absolute atomic E-state index is 0.592. The van der Waals surface area contributed by atoms with Gasteiger partial charge in [-0.1, -0.05) is 17.7 Å². The van der Waals surface area contributed by atoms with Crippen molar-refractivity contribution in [1.82, 2.24) is 15.1 Å². The van der Waals surface area contributed by atoms with Gasteiger partial charge in [-0.15, -0.1) is 0 Å². The first kappa shape index (κ1) is 17.2. The van der Waals surface area contributed by atoms with Crippen molar-refractivity contribution in [2.24, 2.45) is 12.5 Å². The molecular formula is C18H25N3O2. The van der Waals surface area contributed by atoms with Gasteiger partial charge in [0.05, 0.1) is 11.1 Å². The summed E-state index contributed by atoms with van der Waals surface area (Å²) in [5, 5.41) is 16.8. The molecule has 0 atom stereocenters. The molecule has 1 aromatic heterocycles. The molecule has 2 aromatic rings. The van der Waals surface area contributed by atoms with Crippen LogP contribution in [0, 0.1) is 12.3 Å². The molecule has 2 rings (SSSR count). The van der Waals surface area contributed by atoms with E-state index in [0.29, 0.717) is 19.5 Å². The second kappa shape index (κ2) is 6.96. The van der Waals surface area contributed by atoms with Crippen molar-refractivity contribution in [3.05, 3.63) is 41.6 Å². The molecule has 0 fully saturated rings. The molecule has 5 nitrogen and oxygen atoms in total. The Hall–Kier alpha value is -2.14. The van der Waals surface area contributed by atoms with Gasteiger partial charge in [-0.25, -0.2) is 0 Å². The van der Waals surface area contributed by atoms with E-state index in [4.69, 9.17) is 5.11 Å². The summed E-state index contributed by atoms with van der Waals surface area (Å²) in [5.41, 5.74) is 3.93. The zero-order valence-electron chi connectivity index (χ0n) is 14.3. The fourth-order valence-electron chi connectivity index (χ4n) is 2.45. The first-order valence-corrected chi connectivity index (χ1v) is 7.83. The summed E-state index contributed by atoms with van der Waals surface area (Å²) in [7, 11) is 1.93. The summed E-state index contributed by atoms with van der Waals surface area (Å²) in [6, 6.07) is 8.38. The molecule has 5 heteroatoms. The summed E-state index contributed by atoms with van der Waals surface area (Å²) in [6.45, 7) is 6.95. The molecule has 0 aliphatic rings. The summed E-state index contributed by atoms with van der Waals surface area (Å²) < 4.78 is 1.87. The molecule has 23 heavy (non-hydrogen) atoms. The molecule has 0 spiro atoms. The highest BCUT2D eigenvalue weighted by molar-refractivity contribution is 5.73. The molecule has 0 saturated carbocycles. The number of nitrogens with one attached hydrogen (secondary N) is 1. The predicted molar refractivity (Wildman–Crippen MR) is 91.1 cm³/mol. The van der Waals surface area contributed by atoms with Gasteiger partial charge >= 0.3 is 5.97 Å². The molecule has 124 valence electrons. The number of carboxylic acid groups (broad SMARTS) is 1. The fourth-order valence-corrected chi connectivity index (χ4v) is 2.45. The van der Waals surface area contributed by atoms with Crippen LogP contribution in [-0.2, 0) is 18.4 Å². The van der Waals surface area contributed by atoms with E-state index >= 15 is 0 Å². The summed E-state index contributed by atoms with van der Waals surface area (Å²) in [6.07, 6.45) is 2.39. The fraction of sp³-hybridized carbons (Fsp3) is 0.444. The van der Waals surface area contributed by atoms with Gasteiger partial charge in [0.25, 0.3) is 0 Å². The number of hydrogen-bond acceptors (Lipinski definition) is 3. The SMILES string of the molecule is Cc1ccc(CNCCC(C)(C)C(=O)O)c(-c2ccnn2C)c1. The lowest BCUT2D eigenvalue weighted by Crippen LogP contribution is -2.28. The smallest absolute Gasteiger partial charge is 0.309 e. The van der Waals surface area contributed by atoms with E-state index in [2.05, 4.69) is 35.5 Å². The number of aryl methyl sites for hydroxylation is 2. The van der Waals surface area contributed by atoms with Crippen LogP contribution in [0.3, 0.4) is 0 Å². The van der Waals surface area contributed by atoms with Crippen LogP contribution in [0.4, 0.5) is 0 Å². The standard InChI is InChI=1S/C18H25N3O2/c1-13-5-6-14(12-19-10-8-18(2,3)17(22)23)15(11-13)16-7-9-20-21(16)4/h5-7,9,11,19H,8,10,12H2,1-4H3,(H,22,23). The van der Waals surface area contributed by atoms with Gasteiger partial charge < -0.3 is 10.4 Å². The van der Waals surface area contributed by atoms with Crippen molar-refractivity contribution in [2.45, 2.75) is 33.7 Å². The van der Waals surface area contributed by atoms with Crippen LogP contribution < -0.4 is 5.32 Å². The van der Waals surface area contributed by atoms with Gasteiger partial charge in [-0.05, 0) is 51.4 Å². The Bertz CT molecular complexity index is 689. The van der Waals surface area contributed by atoms with Gasteiger partial charge in [0.2, 0.25) is 0 Å². The van der Waals surface area contributed by atoms with Crippen LogP contribution in [0.25, 0.3) is 11.3 Å². The van der Waals surface area contributed by atoms with Gasteiger partial charge in [-0.3, -0.25) is 9.48 Å². The second-order valence-corrected chi connectivity index (χ2v) is 6.62. The summed E-state index contributed by atoms with van der Waals surface area (Å²) in [5.74, 6) is -0.759. The first-order valence-electron chi connectivity index (χ1n) is 7.83. The molecule has 0 saturated heterocycles. The van der Waals surface area contributed by atoms with Crippen LogP contribution in [0.2, 0.25) is 0 Å². The predicted octanol–water partition coefficient (Wildman–Crippen LogP) is 2.99. The van der Waals surface area contributed by atoms with Gasteiger partial charge in [-0.2, -0.15) is 5.10 Å². The van der Waals surface area contributed by atoms with E-state index < -0.39 is 11.4 Å². The maximum absolute atomic E-state index is 11.1. The van der Waals surface area contributed by atoms with Crippen LogP contribution in [0.5, 0.6) is 0 Å². The van der Waals surface area contributed by atoms with E-state index in [1.807, 2.05) is 17.8 Å². The van der Waals surface area contributed by atoms with Crippen LogP contribution >= 0.6 is 0 Å². The number of nitrogens with zero attached hydrogens (tertiary/aromatic N) is 2. The molecule has 0 aliphatic carbocycles. The molecule has 0 radical (unpaired) electrons. The van der Waals surface area contributed by atoms with Crippen molar-refractivity contribution in [3.63, 3.8) is 0 Å². The first-order chi connectivity index (χ1) is 10.8. The highest BCUT2D eigenvalue weighted by atomic mass is 16.4. The lowest BCUT2D eigenvalue weighted by atomic mass is 9.89. The molecular weight excluding hydrogens is 290 g/mol. The molecule has 0 bridgehead atoms. The third kappa shape index (κ3) is 4.20. The maximum Gasteiger partial charge on any atom is 0.309 e. The van der Waals surface area contributed by atoms with E-state index in [0.717, 1.165) is 11.3 Å². The van der Waals surface area contributed by atoms with Crippen molar-refractivity contribution < 1.29 is 9.90 Å². The van der Waals surface area contributed by atoms with E-state index in [9.17, 15) is 4.79 Å². The van der Waals surface area contributed by atoms with Gasteiger partial charge in [0.1, 0.15) is 0 Å². The lowest BCUT2D eigenvalue weighted by molar-refractivity contribution is -0.147. The van der Waals surface area contributed by atoms with E-state index in [1.54, 1.807) is 20.0 Å². The quantitative estimate of drug-likeness (QED) is 0.771. The Balaban J connectivity index is 2.07. The number of aliphatic carboxylic acids is 1. The largest absolute Gasteiger partial charge is 0.481 e. The van der Waals surface area contributed by atoms with Gasteiger partial charge in [0, 0.05) is 25.4 Å². The third-order valence-corrected chi connectivity index (χ3v) is 4.18. The van der Waals surface area contributed by atoms with Crippen molar-refractivity contribution in [3.8, 4) is 11.3 Å². The minimum Gasteiger partial charge on any atom is -0.481 e. The maximum atomic E-state index is 11.1. The molecule has 0 unspecified atom stereocenters. The number of benzene rings is 1. The van der Waals surface area contributed by atoms with Crippen molar-refractivity contribution in [2.75, 3.05) is 6.54 Å². The molecule has 0 aliphatic heterocycles. The Labute approximate surface area is 137 Å². The van der Waals surface area contributed by atoms with E-state index in [-0.39, 0.29) is 0 Å². The summed E-state index contributed by atoms with van der Waals surface area (Å²) >= 11 is 0. The number of aromatic nitrogens is 2. The monoisotopic (exact) mass is 315 g/mol. The van der Waals surface area contributed by atoms with Crippen LogP contribution in [0.15, 0.2) is 30.5 Å². The topological polar surface area (TPSA) is 67.2 Å². The van der Waals surface area contributed by atoms with Crippen molar-refractivity contribution in [1.29, 1.82) is 0 Å². The Morgan fingerprint density at radius 1 is 1.35 bits per heavy atom. The Morgan fingerprint density at radius 2 is 2.09 bits per heavy atom. The number of rotatable bonds is 7. The average Bonchev–Trinajstić information content (AvgIpc) is 2.90. The second-order valence-electron chi connectivity index (χ2n) is 6.62. The molecule has 1 aromatic carbocycles. The number of carboxylic acids is 1. The number of hydrogen-bond donors (Lipinski definition) is 2. The third-order valence-electron chi connectivity index (χ3n) is 4.18. The van der Waals surface area contributed by atoms with E-state index in [1.165, 1.54) is 11.1 Å². The lowest BCUT2D eigenvalue weighted by Gasteiger charge is -2.19. The number of carbonyl (C=O) groups is 1. The van der Waals surface area contributed by atoms with Crippen LogP contribution in [-0.4, -0.2) is 27.4 Å². The molecule has 1 heterocycles. The van der Waals surface area contributed by atoms with Crippen LogP contribution in [0.1, 0.15) is 31.4 Å². The average molecular weight is 315 g/mol. The highest BCUT2D eigenvalue weighted by Gasteiger charge is 2.26. The van der Waals surface area contributed by atoms with Gasteiger partial charge in [0.15, 0.2) is 0 Å². The summed E-state index contributed by atoms with van der Waals surface area (Å²) in [4.78, 5) is 11.1.